The molecule has 2 nitrogen and oxygen atoms in total. The van der Waals surface area contributed by atoms with Crippen LogP contribution in [0.5, 0.6) is 0 Å². The zero-order valence-electron chi connectivity index (χ0n) is 13.9. The lowest BCUT2D eigenvalue weighted by molar-refractivity contribution is -0.912. The van der Waals surface area contributed by atoms with E-state index in [-0.39, 0.29) is 0 Å². The van der Waals surface area contributed by atoms with Crippen LogP contribution in [0.2, 0.25) is 0 Å². The molecule has 0 radical (unpaired) electrons. The summed E-state index contributed by atoms with van der Waals surface area (Å²) in [6, 6.07) is 1.02. The van der Waals surface area contributed by atoms with E-state index >= 15 is 0 Å². The van der Waals surface area contributed by atoms with Crippen molar-refractivity contribution in [2.24, 2.45) is 0 Å². The number of hydrogen-bond acceptors (Lipinski definition) is 1. The molecule has 0 aromatic carbocycles. The molecule has 0 spiro atoms. The molecule has 2 atom stereocenters. The van der Waals surface area contributed by atoms with E-state index in [2.05, 4.69) is 13.8 Å². The van der Waals surface area contributed by atoms with Crippen molar-refractivity contribution in [1.82, 2.24) is 0 Å². The quantitative estimate of drug-likeness (QED) is 0.448. The number of unbranched alkanes of at least 4 members (excludes halogenated alkanes) is 7. The summed E-state index contributed by atoms with van der Waals surface area (Å²) in [5.74, 6) is 0. The number of nitrogens with zero attached hydrogens (tertiary/aromatic N) is 1. The lowest BCUT2D eigenvalue weighted by atomic mass is 10.1. The molecule has 118 valence electrons. The van der Waals surface area contributed by atoms with Gasteiger partial charge in [-0.3, -0.25) is 0 Å². The minimum atomic E-state index is 1.02. The van der Waals surface area contributed by atoms with Crippen LogP contribution in [0.3, 0.4) is 0 Å². The minimum Gasteiger partial charge on any atom is -0.512 e. The van der Waals surface area contributed by atoms with Crippen molar-refractivity contribution in [3.63, 3.8) is 0 Å². The Hall–Kier alpha value is -0.550. The standard InChI is InChI=1S/C17H35N.CN/c1-3-5-7-8-9-10-11-15-18-16-12-14-17(18)13-6-4-2;1-2/h17H,3-16H2,1-2H3;/q;-1/p+1. The summed E-state index contributed by atoms with van der Waals surface area (Å²) in [6.45, 7) is 12.3. The van der Waals surface area contributed by atoms with Crippen LogP contribution in [0.4, 0.5) is 0 Å². The van der Waals surface area contributed by atoms with E-state index in [0.29, 0.717) is 0 Å². The Morgan fingerprint density at radius 3 is 2.15 bits per heavy atom. The maximum Gasteiger partial charge on any atom is 0.0876 e. The molecule has 2 unspecified atom stereocenters. The largest absolute Gasteiger partial charge is 0.512 e. The first kappa shape index (κ1) is 19.4. The van der Waals surface area contributed by atoms with E-state index in [4.69, 9.17) is 11.8 Å². The fraction of sp³-hybridized carbons (Fsp3) is 0.944. The van der Waals surface area contributed by atoms with E-state index in [1.807, 2.05) is 4.90 Å². The highest BCUT2D eigenvalue weighted by molar-refractivity contribution is 4.62. The Morgan fingerprint density at radius 1 is 0.900 bits per heavy atom. The SMILES string of the molecule is CCCCCCCCC[NH+]1CCCC1CCCC.[C-]#N. The molecule has 0 saturated carbocycles. The molecule has 1 rings (SSSR count). The summed E-state index contributed by atoms with van der Waals surface area (Å²) in [5.41, 5.74) is 0. The highest BCUT2D eigenvalue weighted by Crippen LogP contribution is 2.09. The van der Waals surface area contributed by atoms with Crippen LogP contribution in [0, 0.1) is 11.8 Å². The number of nitrogens with one attached hydrogen (secondary N) is 1. The Balaban J connectivity index is 0.00000172. The van der Waals surface area contributed by atoms with Gasteiger partial charge in [-0.2, -0.15) is 0 Å². The molecule has 1 aliphatic heterocycles. The second-order valence-electron chi connectivity index (χ2n) is 6.26. The maximum absolute atomic E-state index is 6.25. The van der Waals surface area contributed by atoms with Gasteiger partial charge in [-0.15, -0.1) is 0 Å². The molecule has 1 N–H and O–H groups in total. The van der Waals surface area contributed by atoms with Gasteiger partial charge >= 0.3 is 0 Å². The molecule has 1 saturated heterocycles. The number of likely N-dealkylation sites (tertiary alicyclic amines) is 1. The van der Waals surface area contributed by atoms with E-state index in [1.54, 1.807) is 0 Å². The van der Waals surface area contributed by atoms with Crippen molar-refractivity contribution >= 4 is 0 Å². The molecular weight excluding hydrogens is 244 g/mol. The number of hydrogen-bond donors (Lipinski definition) is 1. The number of quaternary nitrogens is 1. The molecule has 1 aliphatic rings. The Kier molecular flexibility index (Phi) is 14.4. The van der Waals surface area contributed by atoms with Crippen LogP contribution in [0.1, 0.15) is 90.9 Å². The van der Waals surface area contributed by atoms with Crippen LogP contribution in [-0.2, 0) is 0 Å². The van der Waals surface area contributed by atoms with Crippen LogP contribution >= 0.6 is 0 Å². The van der Waals surface area contributed by atoms with Gasteiger partial charge in [0.2, 0.25) is 0 Å². The van der Waals surface area contributed by atoms with Gasteiger partial charge in [0, 0.05) is 12.8 Å². The molecular formula is C18H36N2. The van der Waals surface area contributed by atoms with Crippen LogP contribution in [-0.4, -0.2) is 19.1 Å². The topological polar surface area (TPSA) is 28.2 Å². The van der Waals surface area contributed by atoms with Crippen LogP contribution < -0.4 is 4.90 Å². The maximum atomic E-state index is 6.25. The monoisotopic (exact) mass is 280 g/mol. The summed E-state index contributed by atoms with van der Waals surface area (Å²) in [5, 5.41) is 6.25. The fourth-order valence-corrected chi connectivity index (χ4v) is 3.42. The van der Waals surface area contributed by atoms with Crippen LogP contribution in [0.15, 0.2) is 0 Å². The van der Waals surface area contributed by atoms with Gasteiger partial charge in [-0.25, -0.2) is 0 Å². The van der Waals surface area contributed by atoms with Crippen LogP contribution in [0.25, 0.3) is 0 Å². The first-order chi connectivity index (χ1) is 9.88. The van der Waals surface area contributed by atoms with Crippen molar-refractivity contribution in [1.29, 1.82) is 5.26 Å². The first-order valence-electron chi connectivity index (χ1n) is 8.95. The third kappa shape index (κ3) is 9.37. The Bertz CT molecular complexity index is 213. The molecule has 0 amide bonds. The summed E-state index contributed by atoms with van der Waals surface area (Å²) in [7, 11) is 0. The predicted octanol–water partition coefficient (Wildman–Crippen LogP) is 4.07. The molecule has 0 aromatic heterocycles. The van der Waals surface area contributed by atoms with E-state index < -0.39 is 0 Å². The third-order valence-electron chi connectivity index (χ3n) is 4.64. The van der Waals surface area contributed by atoms with Gasteiger partial charge in [0.05, 0.1) is 19.1 Å². The average Bonchev–Trinajstić information content (AvgIpc) is 2.93. The normalized spacial score (nSPS) is 21.4. The first-order valence-corrected chi connectivity index (χ1v) is 8.95. The summed E-state index contributed by atoms with van der Waals surface area (Å²) < 4.78 is 0. The molecule has 1 heterocycles. The van der Waals surface area contributed by atoms with Gasteiger partial charge in [0.1, 0.15) is 0 Å². The zero-order valence-corrected chi connectivity index (χ0v) is 13.9. The van der Waals surface area contributed by atoms with Crippen molar-refractivity contribution in [2.45, 2.75) is 96.9 Å². The highest BCUT2D eigenvalue weighted by Gasteiger charge is 2.26. The second kappa shape index (κ2) is 14.9. The fourth-order valence-electron chi connectivity index (χ4n) is 3.42. The van der Waals surface area contributed by atoms with Gasteiger partial charge < -0.3 is 16.7 Å². The lowest BCUT2D eigenvalue weighted by Crippen LogP contribution is -3.13. The third-order valence-corrected chi connectivity index (χ3v) is 4.64. The van der Waals surface area contributed by atoms with Gasteiger partial charge in [0.15, 0.2) is 0 Å². The molecule has 2 heteroatoms. The molecule has 0 bridgehead atoms. The van der Waals surface area contributed by atoms with Crippen molar-refractivity contribution < 1.29 is 4.90 Å². The molecule has 0 aromatic rings. The van der Waals surface area contributed by atoms with E-state index in [9.17, 15) is 0 Å². The summed E-state index contributed by atoms with van der Waals surface area (Å²) in [4.78, 5) is 1.94. The van der Waals surface area contributed by atoms with Gasteiger partial charge in [-0.1, -0.05) is 52.4 Å². The molecule has 20 heavy (non-hydrogen) atoms. The van der Waals surface area contributed by atoms with Gasteiger partial charge in [-0.05, 0) is 25.7 Å². The Labute approximate surface area is 127 Å². The zero-order chi connectivity index (χ0) is 15.1. The predicted molar refractivity (Wildman–Crippen MR) is 86.2 cm³/mol. The molecule has 1 fully saturated rings. The van der Waals surface area contributed by atoms with Crippen molar-refractivity contribution in [2.75, 3.05) is 13.1 Å². The van der Waals surface area contributed by atoms with Crippen molar-refractivity contribution in [3.05, 3.63) is 6.57 Å². The highest BCUT2D eigenvalue weighted by atomic mass is 15.2. The Morgan fingerprint density at radius 2 is 1.50 bits per heavy atom. The lowest BCUT2D eigenvalue weighted by Gasteiger charge is -2.21. The van der Waals surface area contributed by atoms with E-state index in [0.717, 1.165) is 6.04 Å². The minimum absolute atomic E-state index is 1.02. The smallest absolute Gasteiger partial charge is 0.0876 e. The average molecular weight is 280 g/mol. The number of rotatable bonds is 11. The summed E-state index contributed by atoms with van der Waals surface area (Å²) >= 11 is 0. The van der Waals surface area contributed by atoms with Gasteiger partial charge in [0.25, 0.3) is 0 Å². The van der Waals surface area contributed by atoms with E-state index in [1.165, 1.54) is 90.1 Å². The second-order valence-corrected chi connectivity index (χ2v) is 6.26. The van der Waals surface area contributed by atoms with Crippen molar-refractivity contribution in [3.8, 4) is 0 Å². The summed E-state index contributed by atoms with van der Waals surface area (Å²) in [6.07, 6.45) is 17.5. The molecule has 0 aliphatic carbocycles.